The molecule has 38 heavy (non-hydrogen) atoms. The fourth-order valence-corrected chi connectivity index (χ4v) is 4.26. The molecule has 0 saturated heterocycles. The zero-order chi connectivity index (χ0) is 26.8. The van der Waals surface area contributed by atoms with Gasteiger partial charge in [0.25, 0.3) is 11.8 Å². The Hall–Kier alpha value is -4.11. The molecule has 0 saturated carbocycles. The molecule has 3 aromatic carbocycles. The number of carbonyl (C=O) groups excluding carboxylic acids is 2. The molecule has 0 bridgehead atoms. The fourth-order valence-electron chi connectivity index (χ4n) is 3.75. The maximum absolute atomic E-state index is 12.7. The molecule has 2 amide bonds. The van der Waals surface area contributed by atoms with Gasteiger partial charge in [-0.25, -0.2) is 0 Å². The molecule has 0 radical (unpaired) electrons. The number of anilines is 2. The van der Waals surface area contributed by atoms with Crippen LogP contribution in [0.25, 0.3) is 22.3 Å². The first-order valence-electron chi connectivity index (χ1n) is 11.3. The van der Waals surface area contributed by atoms with Crippen molar-refractivity contribution in [2.45, 2.75) is 6.92 Å². The molecule has 2 aromatic heterocycles. The van der Waals surface area contributed by atoms with E-state index in [1.54, 1.807) is 60.7 Å². The summed E-state index contributed by atoms with van der Waals surface area (Å²) in [6.07, 6.45) is 0. The van der Waals surface area contributed by atoms with Crippen LogP contribution in [0, 0.1) is 6.92 Å². The van der Waals surface area contributed by atoms with Gasteiger partial charge in [0.05, 0.1) is 10.0 Å². The molecule has 2 heterocycles. The Kier molecular flexibility index (Phi) is 7.20. The maximum Gasteiger partial charge on any atom is 0.293 e. The molecule has 5 aromatic rings. The molecular formula is C28H19Cl2N3O4S. The van der Waals surface area contributed by atoms with E-state index in [1.165, 1.54) is 0 Å². The van der Waals surface area contributed by atoms with E-state index < -0.39 is 5.91 Å². The minimum atomic E-state index is -0.514. The second-order valence-electron chi connectivity index (χ2n) is 8.33. The number of hydrogen-bond acceptors (Lipinski definition) is 5. The zero-order valence-corrected chi connectivity index (χ0v) is 22.1. The second-order valence-corrected chi connectivity index (χ2v) is 9.56. The average molecular weight is 564 g/mol. The third-order valence-corrected chi connectivity index (χ3v) is 6.59. The SMILES string of the molecule is Cc1cc(NC(=S)NC(=O)c2ccc(-c3ccc(Cl)c(Cl)c3)o2)ccc1NC(=O)c1cc2ccccc2o1. The number of hydrogen-bond donors (Lipinski definition) is 3. The number of furan rings is 2. The van der Waals surface area contributed by atoms with Crippen LogP contribution in [0.4, 0.5) is 11.4 Å². The number of halogens is 2. The van der Waals surface area contributed by atoms with E-state index in [1.807, 2.05) is 25.1 Å². The number of fused-ring (bicyclic) bond motifs is 1. The number of carbonyl (C=O) groups is 2. The van der Waals surface area contributed by atoms with Crippen LogP contribution in [0.15, 0.2) is 87.7 Å². The van der Waals surface area contributed by atoms with Gasteiger partial charge in [0.2, 0.25) is 0 Å². The Morgan fingerprint density at radius 1 is 0.789 bits per heavy atom. The highest BCUT2D eigenvalue weighted by atomic mass is 35.5. The van der Waals surface area contributed by atoms with Gasteiger partial charge >= 0.3 is 0 Å². The predicted molar refractivity (Wildman–Crippen MR) is 153 cm³/mol. The normalized spacial score (nSPS) is 10.8. The van der Waals surface area contributed by atoms with Gasteiger partial charge in [-0.05, 0) is 85.4 Å². The van der Waals surface area contributed by atoms with Gasteiger partial charge in [-0.15, -0.1) is 0 Å². The molecule has 0 aliphatic rings. The summed E-state index contributed by atoms with van der Waals surface area (Å²) < 4.78 is 11.3. The summed E-state index contributed by atoms with van der Waals surface area (Å²) >= 11 is 17.3. The van der Waals surface area contributed by atoms with E-state index in [2.05, 4.69) is 16.0 Å². The molecule has 10 heteroatoms. The van der Waals surface area contributed by atoms with Crippen LogP contribution < -0.4 is 16.0 Å². The maximum atomic E-state index is 12.7. The number of aryl methyl sites for hydroxylation is 1. The van der Waals surface area contributed by atoms with Crippen molar-refractivity contribution in [3.8, 4) is 11.3 Å². The van der Waals surface area contributed by atoms with E-state index in [0.29, 0.717) is 38.3 Å². The van der Waals surface area contributed by atoms with E-state index in [0.717, 1.165) is 10.9 Å². The first-order chi connectivity index (χ1) is 18.3. The van der Waals surface area contributed by atoms with Crippen molar-refractivity contribution < 1.29 is 18.4 Å². The number of para-hydroxylation sites is 1. The Labute approximate surface area is 232 Å². The highest BCUT2D eigenvalue weighted by Gasteiger charge is 2.16. The second kappa shape index (κ2) is 10.7. The molecule has 0 fully saturated rings. The molecule has 0 unspecified atom stereocenters. The Bertz CT molecular complexity index is 1680. The molecule has 0 aliphatic carbocycles. The largest absolute Gasteiger partial charge is 0.451 e. The van der Waals surface area contributed by atoms with Crippen LogP contribution in [0.3, 0.4) is 0 Å². The number of nitrogens with one attached hydrogen (secondary N) is 3. The number of benzene rings is 3. The van der Waals surface area contributed by atoms with Crippen LogP contribution in [-0.2, 0) is 0 Å². The summed E-state index contributed by atoms with van der Waals surface area (Å²) in [4.78, 5) is 25.3. The van der Waals surface area contributed by atoms with Crippen molar-refractivity contribution in [1.82, 2.24) is 5.32 Å². The Balaban J connectivity index is 1.20. The van der Waals surface area contributed by atoms with Crippen molar-refractivity contribution in [1.29, 1.82) is 0 Å². The number of amides is 2. The molecule has 3 N–H and O–H groups in total. The van der Waals surface area contributed by atoms with E-state index in [4.69, 9.17) is 44.3 Å². The van der Waals surface area contributed by atoms with E-state index >= 15 is 0 Å². The smallest absolute Gasteiger partial charge is 0.293 e. The zero-order valence-electron chi connectivity index (χ0n) is 19.8. The quantitative estimate of drug-likeness (QED) is 0.190. The molecular weight excluding hydrogens is 545 g/mol. The molecule has 0 atom stereocenters. The van der Waals surface area contributed by atoms with E-state index in [9.17, 15) is 9.59 Å². The standard InChI is InChI=1S/C28H19Cl2N3O4S/c1-15-12-18(7-9-21(15)32-27(35)25-14-16-4-2-3-5-22(16)37-25)31-28(38)33-26(34)24-11-10-23(36-24)17-6-8-19(29)20(30)13-17/h2-14H,1H3,(H,32,35)(H2,31,33,34,38). The Morgan fingerprint density at radius 2 is 1.61 bits per heavy atom. The van der Waals surface area contributed by atoms with Crippen molar-refractivity contribution in [3.05, 3.63) is 106 Å². The first kappa shape index (κ1) is 25.5. The van der Waals surface area contributed by atoms with Crippen LogP contribution in [0.5, 0.6) is 0 Å². The lowest BCUT2D eigenvalue weighted by Gasteiger charge is -2.12. The van der Waals surface area contributed by atoms with Crippen molar-refractivity contribution >= 4 is 74.7 Å². The number of thiocarbonyl (C=S) groups is 1. The van der Waals surface area contributed by atoms with Crippen molar-refractivity contribution in [2.24, 2.45) is 0 Å². The lowest BCUT2D eigenvalue weighted by molar-refractivity contribution is 0.0950. The lowest BCUT2D eigenvalue weighted by atomic mass is 10.1. The van der Waals surface area contributed by atoms with Crippen LogP contribution >= 0.6 is 35.4 Å². The van der Waals surface area contributed by atoms with Crippen molar-refractivity contribution in [3.63, 3.8) is 0 Å². The Morgan fingerprint density at radius 3 is 2.37 bits per heavy atom. The highest BCUT2D eigenvalue weighted by Crippen LogP contribution is 2.29. The third-order valence-electron chi connectivity index (χ3n) is 5.64. The summed E-state index contributed by atoms with van der Waals surface area (Å²) in [5.41, 5.74) is 3.35. The third kappa shape index (κ3) is 5.57. The molecule has 0 spiro atoms. The van der Waals surface area contributed by atoms with E-state index in [-0.39, 0.29) is 22.5 Å². The highest BCUT2D eigenvalue weighted by molar-refractivity contribution is 7.80. The minimum absolute atomic E-state index is 0.0788. The van der Waals surface area contributed by atoms with Gasteiger partial charge in [0.1, 0.15) is 11.3 Å². The summed E-state index contributed by atoms with van der Waals surface area (Å²) in [6, 6.07) is 22.6. The first-order valence-corrected chi connectivity index (χ1v) is 12.5. The topological polar surface area (TPSA) is 96.5 Å². The predicted octanol–water partition coefficient (Wildman–Crippen LogP) is 7.69. The number of rotatable bonds is 5. The molecule has 7 nitrogen and oxygen atoms in total. The summed E-state index contributed by atoms with van der Waals surface area (Å²) in [6.45, 7) is 1.84. The monoisotopic (exact) mass is 563 g/mol. The average Bonchev–Trinajstić information content (AvgIpc) is 3.55. The molecule has 0 aliphatic heterocycles. The van der Waals surface area contributed by atoms with Crippen LogP contribution in [0.1, 0.15) is 26.7 Å². The fraction of sp³-hybridized carbons (Fsp3) is 0.0357. The van der Waals surface area contributed by atoms with Gasteiger partial charge in [-0.2, -0.15) is 0 Å². The summed E-state index contributed by atoms with van der Waals surface area (Å²) in [5.74, 6) is -0.109. The van der Waals surface area contributed by atoms with Crippen LogP contribution in [0.2, 0.25) is 10.0 Å². The molecule has 190 valence electrons. The lowest BCUT2D eigenvalue weighted by Crippen LogP contribution is -2.33. The van der Waals surface area contributed by atoms with Gasteiger partial charge in [-0.1, -0.05) is 41.4 Å². The van der Waals surface area contributed by atoms with Gasteiger partial charge in [0, 0.05) is 22.3 Å². The van der Waals surface area contributed by atoms with Gasteiger partial charge in [0.15, 0.2) is 16.6 Å². The summed E-state index contributed by atoms with van der Waals surface area (Å²) in [5, 5.41) is 10.1. The summed E-state index contributed by atoms with van der Waals surface area (Å²) in [7, 11) is 0. The molecule has 5 rings (SSSR count). The van der Waals surface area contributed by atoms with Crippen molar-refractivity contribution in [2.75, 3.05) is 10.6 Å². The van der Waals surface area contributed by atoms with Gasteiger partial charge < -0.3 is 19.5 Å². The van der Waals surface area contributed by atoms with Crippen LogP contribution in [-0.4, -0.2) is 16.9 Å². The van der Waals surface area contributed by atoms with Gasteiger partial charge in [-0.3, -0.25) is 14.9 Å². The minimum Gasteiger partial charge on any atom is -0.451 e.